The summed E-state index contributed by atoms with van der Waals surface area (Å²) < 4.78 is 0. The Morgan fingerprint density at radius 2 is 1.94 bits per heavy atom. The Hall–Kier alpha value is -1.74. The van der Waals surface area contributed by atoms with Crippen molar-refractivity contribution >= 4 is 22.1 Å². The second kappa shape index (κ2) is 3.93. The van der Waals surface area contributed by atoms with E-state index in [1.54, 1.807) is 11.3 Å². The number of fused-ring (bicyclic) bond motifs is 1. The maximum atomic E-state index is 4.52. The molecule has 84 valence electrons. The van der Waals surface area contributed by atoms with Gasteiger partial charge in [0.15, 0.2) is 0 Å². The van der Waals surface area contributed by atoms with Gasteiger partial charge in [-0.15, -0.1) is 11.3 Å². The first-order chi connectivity index (χ1) is 8.24. The molecule has 3 aromatic rings. The first-order valence-corrected chi connectivity index (χ1v) is 6.34. The number of aromatic nitrogens is 2. The minimum atomic E-state index is 1.01. The molecule has 0 aliphatic rings. The maximum absolute atomic E-state index is 4.52. The fraction of sp³-hybridized carbons (Fsp3) is 0.143. The van der Waals surface area contributed by atoms with E-state index in [9.17, 15) is 0 Å². The van der Waals surface area contributed by atoms with Crippen molar-refractivity contribution < 1.29 is 0 Å². The molecular formula is C14H12N2S. The Morgan fingerprint density at radius 3 is 2.71 bits per heavy atom. The predicted octanol–water partition coefficient (Wildman–Crippen LogP) is 3.98. The number of nitrogens with zero attached hydrogens (tertiary/aromatic N) is 2. The Kier molecular flexibility index (Phi) is 2.41. The maximum Gasteiger partial charge on any atom is 0.0901 e. The lowest BCUT2D eigenvalue weighted by atomic mass is 10.1. The van der Waals surface area contributed by atoms with Crippen LogP contribution in [0, 0.1) is 13.8 Å². The summed E-state index contributed by atoms with van der Waals surface area (Å²) in [7, 11) is 0. The van der Waals surface area contributed by atoms with Crippen LogP contribution in [0.5, 0.6) is 0 Å². The highest BCUT2D eigenvalue weighted by molar-refractivity contribution is 7.15. The first kappa shape index (κ1) is 10.4. The van der Waals surface area contributed by atoms with E-state index in [1.165, 1.54) is 16.3 Å². The highest BCUT2D eigenvalue weighted by Gasteiger charge is 2.05. The van der Waals surface area contributed by atoms with Crippen LogP contribution < -0.4 is 0 Å². The summed E-state index contributed by atoms with van der Waals surface area (Å²) in [4.78, 5) is 9.92. The minimum absolute atomic E-state index is 1.01. The third-order valence-corrected chi connectivity index (χ3v) is 3.79. The van der Waals surface area contributed by atoms with Gasteiger partial charge in [0.2, 0.25) is 0 Å². The van der Waals surface area contributed by atoms with Crippen LogP contribution in [0.15, 0.2) is 36.7 Å². The minimum Gasteiger partial charge on any atom is -0.255 e. The van der Waals surface area contributed by atoms with Crippen molar-refractivity contribution in [3.8, 4) is 10.6 Å². The number of pyridine rings is 1. The van der Waals surface area contributed by atoms with Gasteiger partial charge in [-0.25, -0.2) is 4.98 Å². The van der Waals surface area contributed by atoms with Gasteiger partial charge in [0.1, 0.15) is 0 Å². The summed E-state index contributed by atoms with van der Waals surface area (Å²) in [5.41, 5.74) is 2.27. The Labute approximate surface area is 104 Å². The lowest BCUT2D eigenvalue weighted by Gasteiger charge is -2.03. The van der Waals surface area contributed by atoms with Crippen LogP contribution in [0.25, 0.3) is 21.3 Å². The second-order valence-corrected chi connectivity index (χ2v) is 5.34. The molecule has 0 spiro atoms. The molecule has 0 bridgehead atoms. The van der Waals surface area contributed by atoms with E-state index in [2.05, 4.69) is 41.2 Å². The monoisotopic (exact) mass is 240 g/mol. The van der Waals surface area contributed by atoms with Gasteiger partial charge >= 0.3 is 0 Å². The molecule has 17 heavy (non-hydrogen) atoms. The van der Waals surface area contributed by atoms with Gasteiger partial charge in [-0.05, 0) is 30.9 Å². The summed E-state index contributed by atoms with van der Waals surface area (Å²) in [5, 5.41) is 3.53. The van der Waals surface area contributed by atoms with Crippen LogP contribution in [-0.2, 0) is 0 Å². The van der Waals surface area contributed by atoms with E-state index in [4.69, 9.17) is 0 Å². The van der Waals surface area contributed by atoms with Crippen molar-refractivity contribution in [2.45, 2.75) is 13.8 Å². The van der Waals surface area contributed by atoms with Crippen LogP contribution in [-0.4, -0.2) is 9.97 Å². The Morgan fingerprint density at radius 1 is 1.06 bits per heavy atom. The Balaban J connectivity index is 2.20. The molecule has 1 aromatic carbocycles. The second-order valence-electron chi connectivity index (χ2n) is 4.11. The van der Waals surface area contributed by atoms with Crippen molar-refractivity contribution in [1.82, 2.24) is 9.97 Å². The van der Waals surface area contributed by atoms with E-state index in [0.717, 1.165) is 15.6 Å². The number of hydrogen-bond donors (Lipinski definition) is 0. The van der Waals surface area contributed by atoms with Gasteiger partial charge in [0.05, 0.1) is 15.6 Å². The normalized spacial score (nSPS) is 10.9. The van der Waals surface area contributed by atoms with Gasteiger partial charge in [-0.3, -0.25) is 4.98 Å². The summed E-state index contributed by atoms with van der Waals surface area (Å²) in [6.45, 7) is 4.12. The fourth-order valence-corrected chi connectivity index (χ4v) is 2.68. The molecule has 2 aromatic heterocycles. The van der Waals surface area contributed by atoms with Gasteiger partial charge in [0.25, 0.3) is 0 Å². The molecule has 0 aliphatic heterocycles. The zero-order valence-corrected chi connectivity index (χ0v) is 10.6. The standard InChI is InChI=1S/C14H12N2S/c1-9-4-3-5-11-6-13(16-7-12(9)11)14-8-15-10(2)17-14/h3-8H,1-2H3. The summed E-state index contributed by atoms with van der Waals surface area (Å²) in [5.74, 6) is 0. The third kappa shape index (κ3) is 1.83. The molecule has 0 aliphatic carbocycles. The zero-order chi connectivity index (χ0) is 11.8. The summed E-state index contributed by atoms with van der Waals surface area (Å²) >= 11 is 1.68. The average Bonchev–Trinajstić information content (AvgIpc) is 2.76. The highest BCUT2D eigenvalue weighted by Crippen LogP contribution is 2.27. The predicted molar refractivity (Wildman–Crippen MR) is 72.3 cm³/mol. The molecule has 0 saturated heterocycles. The largest absolute Gasteiger partial charge is 0.255 e. The van der Waals surface area contributed by atoms with Gasteiger partial charge in [0, 0.05) is 17.8 Å². The number of hydrogen-bond acceptors (Lipinski definition) is 3. The van der Waals surface area contributed by atoms with Crippen LogP contribution >= 0.6 is 11.3 Å². The molecule has 2 heterocycles. The van der Waals surface area contributed by atoms with Crippen molar-refractivity contribution in [3.63, 3.8) is 0 Å². The summed E-state index contributed by atoms with van der Waals surface area (Å²) in [6, 6.07) is 8.45. The topological polar surface area (TPSA) is 25.8 Å². The Bertz CT molecular complexity index is 686. The van der Waals surface area contributed by atoms with Crippen LogP contribution in [0.3, 0.4) is 0 Å². The lowest BCUT2D eigenvalue weighted by molar-refractivity contribution is 1.29. The molecule has 0 atom stereocenters. The van der Waals surface area contributed by atoms with Gasteiger partial charge < -0.3 is 0 Å². The van der Waals surface area contributed by atoms with Crippen LogP contribution in [0.2, 0.25) is 0 Å². The first-order valence-electron chi connectivity index (χ1n) is 5.52. The zero-order valence-electron chi connectivity index (χ0n) is 9.77. The van der Waals surface area contributed by atoms with Crippen LogP contribution in [0.1, 0.15) is 10.6 Å². The molecule has 2 nitrogen and oxygen atoms in total. The average molecular weight is 240 g/mol. The molecule has 0 fully saturated rings. The van der Waals surface area contributed by atoms with Crippen molar-refractivity contribution in [3.05, 3.63) is 47.2 Å². The van der Waals surface area contributed by atoms with Crippen molar-refractivity contribution in [1.29, 1.82) is 0 Å². The third-order valence-electron chi connectivity index (χ3n) is 2.86. The lowest BCUT2D eigenvalue weighted by Crippen LogP contribution is -1.83. The smallest absolute Gasteiger partial charge is 0.0901 e. The molecule has 0 N–H and O–H groups in total. The SMILES string of the molecule is Cc1ncc(-c2cc3cccc(C)c3cn2)s1. The van der Waals surface area contributed by atoms with Crippen molar-refractivity contribution in [2.24, 2.45) is 0 Å². The fourth-order valence-electron chi connectivity index (χ4n) is 1.94. The number of thiazole rings is 1. The number of benzene rings is 1. The molecule has 0 unspecified atom stereocenters. The van der Waals surface area contributed by atoms with Crippen molar-refractivity contribution in [2.75, 3.05) is 0 Å². The van der Waals surface area contributed by atoms with E-state index in [1.807, 2.05) is 19.3 Å². The molecular weight excluding hydrogens is 228 g/mol. The molecule has 0 amide bonds. The van der Waals surface area contributed by atoms with E-state index < -0.39 is 0 Å². The summed E-state index contributed by atoms with van der Waals surface area (Å²) in [6.07, 6.45) is 3.85. The quantitative estimate of drug-likeness (QED) is 0.643. The van der Waals surface area contributed by atoms with E-state index in [0.29, 0.717) is 0 Å². The van der Waals surface area contributed by atoms with Crippen LogP contribution in [0.4, 0.5) is 0 Å². The molecule has 3 rings (SSSR count). The number of rotatable bonds is 1. The van der Waals surface area contributed by atoms with Gasteiger partial charge in [-0.2, -0.15) is 0 Å². The molecule has 3 heteroatoms. The van der Waals surface area contributed by atoms with E-state index >= 15 is 0 Å². The molecule has 0 radical (unpaired) electrons. The van der Waals surface area contributed by atoms with E-state index in [-0.39, 0.29) is 0 Å². The highest BCUT2D eigenvalue weighted by atomic mass is 32.1. The number of aryl methyl sites for hydroxylation is 2. The molecule has 0 saturated carbocycles. The van der Waals surface area contributed by atoms with Gasteiger partial charge in [-0.1, -0.05) is 18.2 Å².